The summed E-state index contributed by atoms with van der Waals surface area (Å²) in [5.74, 6) is -0.405. The average Bonchev–Trinajstić information content (AvgIpc) is 3.31. The summed E-state index contributed by atoms with van der Waals surface area (Å²) in [4.78, 5) is 40.5. The number of carboxylic acid groups (broad SMARTS) is 1. The van der Waals surface area contributed by atoms with E-state index >= 15 is 0 Å². The van der Waals surface area contributed by atoms with E-state index in [0.717, 1.165) is 10.5 Å². The lowest BCUT2D eigenvalue weighted by Gasteiger charge is -2.19. The van der Waals surface area contributed by atoms with Crippen molar-refractivity contribution in [2.45, 2.75) is 32.2 Å². The number of likely N-dealkylation sites (tertiary alicyclic amines) is 1. The second kappa shape index (κ2) is 8.17. The first-order chi connectivity index (χ1) is 13.0. The number of carbonyl (C=O) groups is 3. The standard InChI is InChI=1S/C18H20N4O4S/c1-2-15(23)19-12-7-5-11(6-8-12)13-10-27-17(20-13)21-16(24)14-4-3-9-22(14)18(25)26/h5-8,10,14H,2-4,9H2,1H3,(H,19,23)(H,25,26)(H,20,21,24). The van der Waals surface area contributed by atoms with E-state index in [9.17, 15) is 14.4 Å². The van der Waals surface area contributed by atoms with Gasteiger partial charge in [-0.2, -0.15) is 0 Å². The fourth-order valence-corrected chi connectivity index (χ4v) is 3.62. The molecule has 1 aliphatic heterocycles. The number of hydrogen-bond donors (Lipinski definition) is 3. The van der Waals surface area contributed by atoms with Gasteiger partial charge in [0, 0.05) is 29.6 Å². The maximum atomic E-state index is 12.4. The van der Waals surface area contributed by atoms with E-state index < -0.39 is 12.1 Å². The molecule has 142 valence electrons. The lowest BCUT2D eigenvalue weighted by atomic mass is 10.1. The molecule has 2 aromatic rings. The van der Waals surface area contributed by atoms with Gasteiger partial charge in [0.1, 0.15) is 6.04 Å². The summed E-state index contributed by atoms with van der Waals surface area (Å²) in [7, 11) is 0. The number of rotatable bonds is 5. The summed E-state index contributed by atoms with van der Waals surface area (Å²) in [5, 5.41) is 16.9. The highest BCUT2D eigenvalue weighted by Crippen LogP contribution is 2.27. The largest absolute Gasteiger partial charge is 0.465 e. The summed E-state index contributed by atoms with van der Waals surface area (Å²) in [6.07, 6.45) is 0.523. The van der Waals surface area contributed by atoms with Crippen molar-refractivity contribution >= 4 is 40.1 Å². The number of amides is 3. The summed E-state index contributed by atoms with van der Waals surface area (Å²) in [6, 6.07) is 6.61. The zero-order valence-corrected chi connectivity index (χ0v) is 15.6. The van der Waals surface area contributed by atoms with Crippen molar-refractivity contribution in [3.8, 4) is 11.3 Å². The van der Waals surface area contributed by atoms with Gasteiger partial charge in [-0.05, 0) is 25.0 Å². The van der Waals surface area contributed by atoms with E-state index in [-0.39, 0.29) is 11.8 Å². The molecule has 0 bridgehead atoms. The number of nitrogens with one attached hydrogen (secondary N) is 2. The number of aromatic nitrogens is 1. The summed E-state index contributed by atoms with van der Waals surface area (Å²) < 4.78 is 0. The smallest absolute Gasteiger partial charge is 0.407 e. The molecule has 2 heterocycles. The van der Waals surface area contributed by atoms with Gasteiger partial charge < -0.3 is 15.7 Å². The highest BCUT2D eigenvalue weighted by Gasteiger charge is 2.34. The zero-order chi connectivity index (χ0) is 19.4. The van der Waals surface area contributed by atoms with Gasteiger partial charge in [-0.15, -0.1) is 11.3 Å². The Kier molecular flexibility index (Phi) is 5.70. The van der Waals surface area contributed by atoms with Crippen molar-refractivity contribution in [3.05, 3.63) is 29.6 Å². The Morgan fingerprint density at radius 2 is 2.00 bits per heavy atom. The average molecular weight is 388 g/mol. The lowest BCUT2D eigenvalue weighted by Crippen LogP contribution is -2.42. The Labute approximate surface area is 160 Å². The van der Waals surface area contributed by atoms with Crippen molar-refractivity contribution in [3.63, 3.8) is 0 Å². The van der Waals surface area contributed by atoms with E-state index in [2.05, 4.69) is 15.6 Å². The maximum absolute atomic E-state index is 12.4. The number of thiazole rings is 1. The van der Waals surface area contributed by atoms with Gasteiger partial charge in [-0.3, -0.25) is 14.5 Å². The van der Waals surface area contributed by atoms with E-state index in [1.54, 1.807) is 19.1 Å². The molecule has 1 atom stereocenters. The molecule has 3 amide bonds. The molecule has 1 fully saturated rings. The fourth-order valence-electron chi connectivity index (χ4n) is 2.89. The van der Waals surface area contributed by atoms with Gasteiger partial charge in [-0.25, -0.2) is 9.78 Å². The first-order valence-corrected chi connectivity index (χ1v) is 9.52. The zero-order valence-electron chi connectivity index (χ0n) is 14.8. The van der Waals surface area contributed by atoms with Crippen molar-refractivity contribution in [1.29, 1.82) is 0 Å². The van der Waals surface area contributed by atoms with Crippen LogP contribution in [0, 0.1) is 0 Å². The minimum atomic E-state index is -1.08. The highest BCUT2D eigenvalue weighted by atomic mass is 32.1. The molecule has 1 saturated heterocycles. The van der Waals surface area contributed by atoms with Crippen LogP contribution in [0.15, 0.2) is 29.6 Å². The van der Waals surface area contributed by atoms with Crippen LogP contribution in [0.3, 0.4) is 0 Å². The van der Waals surface area contributed by atoms with Crippen LogP contribution in [0.5, 0.6) is 0 Å². The number of nitrogens with zero attached hydrogens (tertiary/aromatic N) is 2. The Balaban J connectivity index is 1.65. The third-order valence-corrected chi connectivity index (χ3v) is 5.08. The molecule has 1 aliphatic rings. The van der Waals surface area contributed by atoms with Crippen LogP contribution in [0.2, 0.25) is 0 Å². The van der Waals surface area contributed by atoms with Gasteiger partial charge >= 0.3 is 6.09 Å². The Bertz CT molecular complexity index is 849. The van der Waals surface area contributed by atoms with E-state index in [0.29, 0.717) is 42.3 Å². The molecule has 1 aromatic carbocycles. The van der Waals surface area contributed by atoms with Gasteiger partial charge in [0.15, 0.2) is 5.13 Å². The number of hydrogen-bond acceptors (Lipinski definition) is 5. The quantitative estimate of drug-likeness (QED) is 0.728. The summed E-state index contributed by atoms with van der Waals surface area (Å²) >= 11 is 1.28. The molecule has 1 unspecified atom stereocenters. The lowest BCUT2D eigenvalue weighted by molar-refractivity contribution is -0.120. The highest BCUT2D eigenvalue weighted by molar-refractivity contribution is 7.14. The molecule has 0 radical (unpaired) electrons. The Hall–Kier alpha value is -2.94. The van der Waals surface area contributed by atoms with Crippen molar-refractivity contribution in [2.24, 2.45) is 0 Å². The SMILES string of the molecule is CCC(=O)Nc1ccc(-c2csc(NC(=O)C3CCCN3C(=O)O)n2)cc1. The first-order valence-electron chi connectivity index (χ1n) is 8.64. The molecule has 8 nitrogen and oxygen atoms in total. The second-order valence-electron chi connectivity index (χ2n) is 6.14. The summed E-state index contributed by atoms with van der Waals surface area (Å²) in [5.41, 5.74) is 2.27. The molecular formula is C18H20N4O4S. The van der Waals surface area contributed by atoms with Crippen LogP contribution >= 0.6 is 11.3 Å². The molecular weight excluding hydrogens is 368 g/mol. The van der Waals surface area contributed by atoms with Gasteiger partial charge in [-0.1, -0.05) is 19.1 Å². The number of benzene rings is 1. The normalized spacial score (nSPS) is 16.2. The molecule has 27 heavy (non-hydrogen) atoms. The van der Waals surface area contributed by atoms with Crippen LogP contribution < -0.4 is 10.6 Å². The molecule has 0 aliphatic carbocycles. The number of anilines is 2. The van der Waals surface area contributed by atoms with Gasteiger partial charge in [0.2, 0.25) is 11.8 Å². The van der Waals surface area contributed by atoms with Crippen molar-refractivity contribution in [2.75, 3.05) is 17.2 Å². The van der Waals surface area contributed by atoms with Gasteiger partial charge in [0.25, 0.3) is 0 Å². The minimum Gasteiger partial charge on any atom is -0.465 e. The first kappa shape index (κ1) is 18.8. The van der Waals surface area contributed by atoms with Gasteiger partial charge in [0.05, 0.1) is 5.69 Å². The van der Waals surface area contributed by atoms with Crippen LogP contribution in [0.1, 0.15) is 26.2 Å². The van der Waals surface area contributed by atoms with E-state index in [1.807, 2.05) is 17.5 Å². The monoisotopic (exact) mass is 388 g/mol. The molecule has 1 aromatic heterocycles. The predicted molar refractivity (Wildman–Crippen MR) is 103 cm³/mol. The maximum Gasteiger partial charge on any atom is 0.407 e. The third kappa shape index (κ3) is 4.43. The topological polar surface area (TPSA) is 112 Å². The van der Waals surface area contributed by atoms with E-state index in [1.165, 1.54) is 11.3 Å². The molecule has 3 N–H and O–H groups in total. The van der Waals surface area contributed by atoms with Crippen LogP contribution in [0.25, 0.3) is 11.3 Å². The van der Waals surface area contributed by atoms with Crippen LogP contribution in [-0.2, 0) is 9.59 Å². The molecule has 0 spiro atoms. The molecule has 3 rings (SSSR count). The molecule has 9 heteroatoms. The summed E-state index contributed by atoms with van der Waals surface area (Å²) in [6.45, 7) is 2.16. The van der Waals surface area contributed by atoms with Crippen molar-refractivity contribution in [1.82, 2.24) is 9.88 Å². The van der Waals surface area contributed by atoms with Crippen molar-refractivity contribution < 1.29 is 19.5 Å². The fraction of sp³-hybridized carbons (Fsp3) is 0.333. The van der Waals surface area contributed by atoms with E-state index in [4.69, 9.17) is 5.11 Å². The molecule has 0 saturated carbocycles. The Morgan fingerprint density at radius 1 is 1.26 bits per heavy atom. The predicted octanol–water partition coefficient (Wildman–Crippen LogP) is 3.24. The Morgan fingerprint density at radius 3 is 2.67 bits per heavy atom. The van der Waals surface area contributed by atoms with Crippen LogP contribution in [0.4, 0.5) is 15.6 Å². The minimum absolute atomic E-state index is 0.0521. The second-order valence-corrected chi connectivity index (χ2v) is 7.00. The number of carbonyl (C=O) groups excluding carboxylic acids is 2. The third-order valence-electron chi connectivity index (χ3n) is 4.32. The van der Waals surface area contributed by atoms with Crippen LogP contribution in [-0.4, -0.2) is 45.5 Å².